The van der Waals surface area contributed by atoms with Crippen LogP contribution in [0.3, 0.4) is 0 Å². The van der Waals surface area contributed by atoms with Crippen LogP contribution in [0.1, 0.15) is 23.7 Å². The average Bonchev–Trinajstić information content (AvgIpc) is 2.71. The van der Waals surface area contributed by atoms with Crippen molar-refractivity contribution in [3.63, 3.8) is 0 Å². The molecule has 1 aromatic heterocycles. The monoisotopic (exact) mass is 361 g/mol. The molecular formula is C22H23N3O2. The van der Waals surface area contributed by atoms with E-state index in [1.54, 1.807) is 0 Å². The molecule has 1 aliphatic heterocycles. The maximum Gasteiger partial charge on any atom is 0.255 e. The molecule has 0 amide bonds. The van der Waals surface area contributed by atoms with Crippen molar-refractivity contribution in [2.75, 3.05) is 13.2 Å². The number of benzene rings is 2. The van der Waals surface area contributed by atoms with E-state index in [-0.39, 0.29) is 5.56 Å². The molecule has 0 atom stereocenters. The minimum Gasteiger partial charge on any atom is -0.494 e. The second-order valence-electron chi connectivity index (χ2n) is 6.71. The third kappa shape index (κ3) is 3.78. The predicted molar refractivity (Wildman–Crippen MR) is 106 cm³/mol. The smallest absolute Gasteiger partial charge is 0.255 e. The first kappa shape index (κ1) is 17.5. The SMILES string of the molecule is CCOc1ccccc1CN1CCc2nc(-c3ccccc3)[nH]c(=O)c2C1. The molecule has 0 bridgehead atoms. The van der Waals surface area contributed by atoms with Crippen LogP contribution in [0.5, 0.6) is 5.75 Å². The van der Waals surface area contributed by atoms with Crippen molar-refractivity contribution in [3.05, 3.63) is 81.8 Å². The van der Waals surface area contributed by atoms with Gasteiger partial charge in [0, 0.05) is 37.2 Å². The van der Waals surface area contributed by atoms with Crippen LogP contribution in [0.25, 0.3) is 11.4 Å². The third-order valence-corrected chi connectivity index (χ3v) is 4.86. The first-order valence-electron chi connectivity index (χ1n) is 9.35. The molecule has 5 nitrogen and oxygen atoms in total. The second-order valence-corrected chi connectivity index (χ2v) is 6.71. The van der Waals surface area contributed by atoms with Gasteiger partial charge in [0.15, 0.2) is 0 Å². The molecule has 138 valence electrons. The molecule has 0 spiro atoms. The Labute approximate surface area is 158 Å². The number of nitrogens with zero attached hydrogens (tertiary/aromatic N) is 2. The zero-order chi connectivity index (χ0) is 18.6. The van der Waals surface area contributed by atoms with Crippen LogP contribution in [0.15, 0.2) is 59.4 Å². The maximum atomic E-state index is 12.7. The number of hydrogen-bond donors (Lipinski definition) is 1. The van der Waals surface area contributed by atoms with Gasteiger partial charge >= 0.3 is 0 Å². The number of nitrogens with one attached hydrogen (secondary N) is 1. The van der Waals surface area contributed by atoms with E-state index < -0.39 is 0 Å². The fourth-order valence-electron chi connectivity index (χ4n) is 3.52. The summed E-state index contributed by atoms with van der Waals surface area (Å²) >= 11 is 0. The molecule has 2 heterocycles. The Morgan fingerprint density at radius 1 is 1.11 bits per heavy atom. The third-order valence-electron chi connectivity index (χ3n) is 4.86. The number of fused-ring (bicyclic) bond motifs is 1. The quantitative estimate of drug-likeness (QED) is 0.757. The molecule has 5 heteroatoms. The van der Waals surface area contributed by atoms with Gasteiger partial charge in [-0.15, -0.1) is 0 Å². The summed E-state index contributed by atoms with van der Waals surface area (Å²) in [6.45, 7) is 4.87. The first-order valence-corrected chi connectivity index (χ1v) is 9.35. The van der Waals surface area contributed by atoms with Crippen LogP contribution in [0.4, 0.5) is 0 Å². The molecule has 27 heavy (non-hydrogen) atoms. The number of para-hydroxylation sites is 1. The fraction of sp³-hybridized carbons (Fsp3) is 0.273. The van der Waals surface area contributed by atoms with E-state index in [2.05, 4.69) is 16.0 Å². The fourth-order valence-corrected chi connectivity index (χ4v) is 3.52. The highest BCUT2D eigenvalue weighted by atomic mass is 16.5. The van der Waals surface area contributed by atoms with Gasteiger partial charge in [-0.3, -0.25) is 9.69 Å². The van der Waals surface area contributed by atoms with Crippen molar-refractivity contribution < 1.29 is 4.74 Å². The van der Waals surface area contributed by atoms with Gasteiger partial charge in [-0.1, -0.05) is 48.5 Å². The average molecular weight is 361 g/mol. The van der Waals surface area contributed by atoms with Crippen LogP contribution in [-0.2, 0) is 19.5 Å². The van der Waals surface area contributed by atoms with Gasteiger partial charge in [0.25, 0.3) is 5.56 Å². The summed E-state index contributed by atoms with van der Waals surface area (Å²) in [5.74, 6) is 1.56. The summed E-state index contributed by atoms with van der Waals surface area (Å²) in [6, 6.07) is 17.9. The lowest BCUT2D eigenvalue weighted by molar-refractivity contribution is 0.236. The molecule has 3 aromatic rings. The molecule has 0 radical (unpaired) electrons. The summed E-state index contributed by atoms with van der Waals surface area (Å²) in [6.07, 6.45) is 0.774. The van der Waals surface area contributed by atoms with E-state index >= 15 is 0 Å². The van der Waals surface area contributed by atoms with Crippen LogP contribution in [-0.4, -0.2) is 28.0 Å². The van der Waals surface area contributed by atoms with Crippen molar-refractivity contribution in [1.82, 2.24) is 14.9 Å². The van der Waals surface area contributed by atoms with Crippen molar-refractivity contribution in [1.29, 1.82) is 0 Å². The van der Waals surface area contributed by atoms with Gasteiger partial charge < -0.3 is 9.72 Å². The summed E-state index contributed by atoms with van der Waals surface area (Å²) in [5, 5.41) is 0. The topological polar surface area (TPSA) is 58.2 Å². The summed E-state index contributed by atoms with van der Waals surface area (Å²) < 4.78 is 5.73. The number of aromatic nitrogens is 2. The number of rotatable bonds is 5. The van der Waals surface area contributed by atoms with Gasteiger partial charge in [0.05, 0.1) is 17.9 Å². The van der Waals surface area contributed by atoms with Crippen molar-refractivity contribution >= 4 is 0 Å². The summed E-state index contributed by atoms with van der Waals surface area (Å²) in [4.78, 5) is 22.6. The van der Waals surface area contributed by atoms with Crippen molar-refractivity contribution in [2.45, 2.75) is 26.4 Å². The molecule has 0 unspecified atom stereocenters. The Morgan fingerprint density at radius 2 is 1.89 bits per heavy atom. The number of aromatic amines is 1. The molecule has 0 aliphatic carbocycles. The highest BCUT2D eigenvalue weighted by molar-refractivity contribution is 5.54. The summed E-state index contributed by atoms with van der Waals surface area (Å²) in [5.41, 5.74) is 3.72. The van der Waals surface area contributed by atoms with Crippen molar-refractivity contribution in [2.24, 2.45) is 0 Å². The molecule has 1 N–H and O–H groups in total. The largest absolute Gasteiger partial charge is 0.494 e. The number of hydrogen-bond acceptors (Lipinski definition) is 4. The molecule has 4 rings (SSSR count). The number of ether oxygens (including phenoxy) is 1. The highest BCUT2D eigenvalue weighted by Gasteiger charge is 2.22. The zero-order valence-corrected chi connectivity index (χ0v) is 15.4. The molecule has 0 saturated carbocycles. The Balaban J connectivity index is 1.57. The van der Waals surface area contributed by atoms with E-state index in [0.717, 1.165) is 47.6 Å². The predicted octanol–water partition coefficient (Wildman–Crippen LogP) is 3.39. The van der Waals surface area contributed by atoms with Crippen LogP contribution < -0.4 is 10.3 Å². The molecule has 0 saturated heterocycles. The van der Waals surface area contributed by atoms with Gasteiger partial charge in [-0.05, 0) is 13.0 Å². The molecular weight excluding hydrogens is 338 g/mol. The number of H-pyrrole nitrogens is 1. The lowest BCUT2D eigenvalue weighted by Crippen LogP contribution is -2.35. The van der Waals surface area contributed by atoms with E-state index in [1.165, 1.54) is 0 Å². The minimum atomic E-state index is -0.0401. The zero-order valence-electron chi connectivity index (χ0n) is 15.4. The van der Waals surface area contributed by atoms with E-state index in [1.807, 2.05) is 55.5 Å². The van der Waals surface area contributed by atoms with Crippen LogP contribution >= 0.6 is 0 Å². The molecule has 2 aromatic carbocycles. The standard InChI is InChI=1S/C22H23N3O2/c1-2-27-20-11-7-6-10-17(20)14-25-13-12-19-18(15-25)22(26)24-21(23-19)16-8-4-3-5-9-16/h3-11H,2,12-15H2,1H3,(H,23,24,26). The Morgan fingerprint density at radius 3 is 2.70 bits per heavy atom. The van der Waals surface area contributed by atoms with E-state index in [0.29, 0.717) is 19.0 Å². The minimum absolute atomic E-state index is 0.0401. The molecule has 0 fully saturated rings. The second kappa shape index (κ2) is 7.76. The van der Waals surface area contributed by atoms with Gasteiger partial charge in [0.2, 0.25) is 0 Å². The van der Waals surface area contributed by atoms with Crippen LogP contribution in [0, 0.1) is 0 Å². The lowest BCUT2D eigenvalue weighted by atomic mass is 10.0. The lowest BCUT2D eigenvalue weighted by Gasteiger charge is -2.28. The van der Waals surface area contributed by atoms with E-state index in [4.69, 9.17) is 9.72 Å². The maximum absolute atomic E-state index is 12.7. The first-order chi connectivity index (χ1) is 13.2. The van der Waals surface area contributed by atoms with Crippen LogP contribution in [0.2, 0.25) is 0 Å². The van der Waals surface area contributed by atoms with Gasteiger partial charge in [-0.2, -0.15) is 0 Å². The Hall–Kier alpha value is -2.92. The molecule has 1 aliphatic rings. The summed E-state index contributed by atoms with van der Waals surface area (Å²) in [7, 11) is 0. The van der Waals surface area contributed by atoms with Gasteiger partial charge in [0.1, 0.15) is 11.6 Å². The Bertz CT molecular complexity index is 982. The van der Waals surface area contributed by atoms with Crippen molar-refractivity contribution in [3.8, 4) is 17.1 Å². The Kier molecular flexibility index (Phi) is 5.03. The normalized spacial score (nSPS) is 14.0. The van der Waals surface area contributed by atoms with Gasteiger partial charge in [-0.25, -0.2) is 4.98 Å². The van der Waals surface area contributed by atoms with E-state index in [9.17, 15) is 4.79 Å². The highest BCUT2D eigenvalue weighted by Crippen LogP contribution is 2.23.